The molecule has 19 heavy (non-hydrogen) atoms. The molecule has 0 spiro atoms. The number of hydrogen-bond donors (Lipinski definition) is 1. The lowest BCUT2D eigenvalue weighted by atomic mass is 9.95. The molecule has 1 aromatic rings. The van der Waals surface area contributed by atoms with E-state index in [1.165, 1.54) is 22.3 Å². The predicted octanol–water partition coefficient (Wildman–Crippen LogP) is 2.91. The smallest absolute Gasteiger partial charge is 0.307 e. The molecule has 0 saturated carbocycles. The molecule has 1 aliphatic heterocycles. The quantitative estimate of drug-likeness (QED) is 0.909. The number of carbonyl (C=O) groups is 1. The number of hydrogen-bond acceptors (Lipinski definition) is 2. The molecule has 1 aromatic carbocycles. The van der Waals surface area contributed by atoms with Gasteiger partial charge in [0.2, 0.25) is 0 Å². The van der Waals surface area contributed by atoms with Gasteiger partial charge in [0.25, 0.3) is 0 Å². The van der Waals surface area contributed by atoms with E-state index in [1.54, 1.807) is 0 Å². The van der Waals surface area contributed by atoms with Gasteiger partial charge in [-0.25, -0.2) is 0 Å². The molecule has 0 bridgehead atoms. The number of aliphatic carboxylic acids is 1. The topological polar surface area (TPSA) is 40.5 Å². The van der Waals surface area contributed by atoms with Gasteiger partial charge in [-0.1, -0.05) is 17.7 Å². The monoisotopic (exact) mass is 261 g/mol. The standard InChI is InChI=1S/C16H23NO2/c1-11-7-12(2)15(13(3)8-11)10-17-6-4-5-14(9-17)16(18)19/h7-8,14H,4-6,9-10H2,1-3H3,(H,18,19). The van der Waals surface area contributed by atoms with Crippen LogP contribution in [0.1, 0.15) is 35.1 Å². The average Bonchev–Trinajstić information content (AvgIpc) is 2.34. The van der Waals surface area contributed by atoms with Crippen LogP contribution in [-0.2, 0) is 11.3 Å². The molecule has 3 heteroatoms. The number of likely N-dealkylation sites (tertiary alicyclic amines) is 1. The van der Waals surface area contributed by atoms with Gasteiger partial charge in [-0.15, -0.1) is 0 Å². The Balaban J connectivity index is 2.11. The third-order valence-electron chi connectivity index (χ3n) is 4.08. The van der Waals surface area contributed by atoms with Crippen LogP contribution in [0.15, 0.2) is 12.1 Å². The molecule has 0 radical (unpaired) electrons. The van der Waals surface area contributed by atoms with E-state index in [1.807, 2.05) is 0 Å². The maximum Gasteiger partial charge on any atom is 0.307 e. The molecule has 3 nitrogen and oxygen atoms in total. The maximum absolute atomic E-state index is 11.1. The number of nitrogens with zero attached hydrogens (tertiary/aromatic N) is 1. The zero-order valence-electron chi connectivity index (χ0n) is 12.1. The Morgan fingerprint density at radius 2 is 1.95 bits per heavy atom. The molecular weight excluding hydrogens is 238 g/mol. The minimum Gasteiger partial charge on any atom is -0.481 e. The van der Waals surface area contributed by atoms with Gasteiger partial charge in [-0.05, 0) is 56.8 Å². The molecule has 0 amide bonds. The zero-order valence-corrected chi connectivity index (χ0v) is 12.1. The van der Waals surface area contributed by atoms with Crippen molar-refractivity contribution in [1.82, 2.24) is 4.90 Å². The van der Waals surface area contributed by atoms with Crippen LogP contribution >= 0.6 is 0 Å². The maximum atomic E-state index is 11.1. The Hall–Kier alpha value is -1.35. The van der Waals surface area contributed by atoms with Crippen molar-refractivity contribution in [2.75, 3.05) is 13.1 Å². The van der Waals surface area contributed by atoms with Crippen molar-refractivity contribution in [2.45, 2.75) is 40.2 Å². The van der Waals surface area contributed by atoms with Crippen LogP contribution in [-0.4, -0.2) is 29.1 Å². The van der Waals surface area contributed by atoms with E-state index >= 15 is 0 Å². The van der Waals surface area contributed by atoms with Gasteiger partial charge in [0.15, 0.2) is 0 Å². The summed E-state index contributed by atoms with van der Waals surface area (Å²) < 4.78 is 0. The second-order valence-electron chi connectivity index (χ2n) is 5.79. The molecule has 104 valence electrons. The highest BCUT2D eigenvalue weighted by molar-refractivity contribution is 5.70. The molecule has 1 fully saturated rings. The van der Waals surface area contributed by atoms with Crippen molar-refractivity contribution < 1.29 is 9.90 Å². The van der Waals surface area contributed by atoms with Crippen LogP contribution in [0.25, 0.3) is 0 Å². The number of carboxylic acid groups (broad SMARTS) is 1. The normalized spacial score (nSPS) is 20.5. The molecule has 0 aromatic heterocycles. The first-order valence-electron chi connectivity index (χ1n) is 6.99. The third kappa shape index (κ3) is 3.35. The first-order valence-corrected chi connectivity index (χ1v) is 6.99. The first kappa shape index (κ1) is 14.1. The summed E-state index contributed by atoms with van der Waals surface area (Å²) in [4.78, 5) is 13.4. The van der Waals surface area contributed by atoms with Gasteiger partial charge in [0.05, 0.1) is 5.92 Å². The number of rotatable bonds is 3. The SMILES string of the molecule is Cc1cc(C)c(CN2CCCC(C(=O)O)C2)c(C)c1. The summed E-state index contributed by atoms with van der Waals surface area (Å²) in [5, 5.41) is 9.14. The largest absolute Gasteiger partial charge is 0.481 e. The lowest BCUT2D eigenvalue weighted by Crippen LogP contribution is -2.38. The first-order chi connectivity index (χ1) is 8.97. The van der Waals surface area contributed by atoms with Crippen LogP contribution in [0.5, 0.6) is 0 Å². The Morgan fingerprint density at radius 3 is 2.53 bits per heavy atom. The second-order valence-corrected chi connectivity index (χ2v) is 5.79. The summed E-state index contributed by atoms with van der Waals surface area (Å²) in [6.45, 7) is 8.98. The van der Waals surface area contributed by atoms with Crippen LogP contribution < -0.4 is 0 Å². The van der Waals surface area contributed by atoms with Crippen molar-refractivity contribution >= 4 is 5.97 Å². The molecular formula is C16H23NO2. The van der Waals surface area contributed by atoms with Gasteiger partial charge >= 0.3 is 5.97 Å². The highest BCUT2D eigenvalue weighted by Gasteiger charge is 2.25. The minimum absolute atomic E-state index is 0.195. The van der Waals surface area contributed by atoms with E-state index in [-0.39, 0.29) is 5.92 Å². The molecule has 1 N–H and O–H groups in total. The fourth-order valence-corrected chi connectivity index (χ4v) is 3.08. The Bertz CT molecular complexity index is 459. The van der Waals surface area contributed by atoms with Crippen molar-refractivity contribution in [3.05, 3.63) is 34.4 Å². The zero-order chi connectivity index (χ0) is 14.0. The highest BCUT2D eigenvalue weighted by Crippen LogP contribution is 2.22. The molecule has 1 atom stereocenters. The van der Waals surface area contributed by atoms with E-state index in [4.69, 9.17) is 5.11 Å². The van der Waals surface area contributed by atoms with Crippen molar-refractivity contribution in [3.63, 3.8) is 0 Å². The minimum atomic E-state index is -0.651. The van der Waals surface area contributed by atoms with Crippen LogP contribution in [0.4, 0.5) is 0 Å². The summed E-state index contributed by atoms with van der Waals surface area (Å²) in [6.07, 6.45) is 1.80. The third-order valence-corrected chi connectivity index (χ3v) is 4.08. The molecule has 2 rings (SSSR count). The van der Waals surface area contributed by atoms with E-state index in [9.17, 15) is 4.79 Å². The number of benzene rings is 1. The van der Waals surface area contributed by atoms with Gasteiger partial charge in [0.1, 0.15) is 0 Å². The van der Waals surface area contributed by atoms with Gasteiger partial charge in [-0.2, -0.15) is 0 Å². The molecule has 1 unspecified atom stereocenters. The number of piperidine rings is 1. The van der Waals surface area contributed by atoms with Crippen molar-refractivity contribution in [1.29, 1.82) is 0 Å². The van der Waals surface area contributed by atoms with Crippen molar-refractivity contribution in [2.24, 2.45) is 5.92 Å². The van der Waals surface area contributed by atoms with E-state index in [0.717, 1.165) is 25.9 Å². The molecule has 0 aliphatic carbocycles. The molecule has 1 aliphatic rings. The fourth-order valence-electron chi connectivity index (χ4n) is 3.08. The summed E-state index contributed by atoms with van der Waals surface area (Å²) in [5.74, 6) is -0.845. The Labute approximate surface area is 115 Å². The van der Waals surface area contributed by atoms with Crippen LogP contribution in [0.2, 0.25) is 0 Å². The Kier molecular flexibility index (Phi) is 4.25. The van der Waals surface area contributed by atoms with Crippen LogP contribution in [0.3, 0.4) is 0 Å². The molecule has 1 saturated heterocycles. The summed E-state index contributed by atoms with van der Waals surface area (Å²) in [7, 11) is 0. The average molecular weight is 261 g/mol. The van der Waals surface area contributed by atoms with Gasteiger partial charge < -0.3 is 5.11 Å². The van der Waals surface area contributed by atoms with Gasteiger partial charge in [-0.3, -0.25) is 9.69 Å². The fraction of sp³-hybridized carbons (Fsp3) is 0.562. The lowest BCUT2D eigenvalue weighted by Gasteiger charge is -2.31. The lowest BCUT2D eigenvalue weighted by molar-refractivity contribution is -0.143. The van der Waals surface area contributed by atoms with Gasteiger partial charge in [0, 0.05) is 13.1 Å². The summed E-state index contributed by atoms with van der Waals surface area (Å²) in [5.41, 5.74) is 5.28. The van der Waals surface area contributed by atoms with Crippen molar-refractivity contribution in [3.8, 4) is 0 Å². The second kappa shape index (κ2) is 5.74. The summed E-state index contributed by atoms with van der Waals surface area (Å²) >= 11 is 0. The summed E-state index contributed by atoms with van der Waals surface area (Å²) in [6, 6.07) is 4.42. The predicted molar refractivity (Wildman–Crippen MR) is 76.3 cm³/mol. The Morgan fingerprint density at radius 1 is 1.32 bits per heavy atom. The number of carboxylic acids is 1. The van der Waals surface area contributed by atoms with E-state index in [0.29, 0.717) is 6.54 Å². The van der Waals surface area contributed by atoms with E-state index < -0.39 is 5.97 Å². The number of aryl methyl sites for hydroxylation is 3. The van der Waals surface area contributed by atoms with Crippen LogP contribution in [0, 0.1) is 26.7 Å². The highest BCUT2D eigenvalue weighted by atomic mass is 16.4. The molecule has 1 heterocycles. The van der Waals surface area contributed by atoms with E-state index in [2.05, 4.69) is 37.8 Å².